The van der Waals surface area contributed by atoms with E-state index in [1.165, 1.54) is 22.3 Å². The summed E-state index contributed by atoms with van der Waals surface area (Å²) in [4.78, 5) is 19.9. The molecule has 0 unspecified atom stereocenters. The number of halogens is 1. The number of hydrogen-bond acceptors (Lipinski definition) is 4. The van der Waals surface area contributed by atoms with Crippen molar-refractivity contribution in [3.05, 3.63) is 88.4 Å². The van der Waals surface area contributed by atoms with Crippen LogP contribution in [0.5, 0.6) is 5.75 Å². The predicted octanol–water partition coefficient (Wildman–Crippen LogP) is 4.81. The van der Waals surface area contributed by atoms with Crippen LogP contribution in [0.3, 0.4) is 0 Å². The molecule has 1 saturated heterocycles. The molecule has 0 atom stereocenters. The van der Waals surface area contributed by atoms with Gasteiger partial charge in [0, 0.05) is 37.7 Å². The average Bonchev–Trinajstić information content (AvgIpc) is 3.19. The zero-order chi connectivity index (χ0) is 23.7. The Morgan fingerprint density at radius 1 is 0.941 bits per heavy atom. The van der Waals surface area contributed by atoms with Gasteiger partial charge in [0.15, 0.2) is 0 Å². The SMILES string of the molecule is CN(C)CCOc1ccc(Cl)cc1C(=O)N1CCN(C2c3ccccc3-c3ccccc32)CC1. The third kappa shape index (κ3) is 4.43. The molecule has 5 rings (SSSR count). The minimum absolute atomic E-state index is 0.0192. The number of rotatable bonds is 6. The maximum atomic E-state index is 13.5. The average molecular weight is 476 g/mol. The zero-order valence-electron chi connectivity index (χ0n) is 19.7. The van der Waals surface area contributed by atoms with Gasteiger partial charge in [0.05, 0.1) is 11.6 Å². The van der Waals surface area contributed by atoms with Crippen molar-refractivity contribution in [1.29, 1.82) is 0 Å². The van der Waals surface area contributed by atoms with Gasteiger partial charge in [0.2, 0.25) is 0 Å². The first-order valence-corrected chi connectivity index (χ1v) is 12.2. The van der Waals surface area contributed by atoms with Crippen LogP contribution in [0.15, 0.2) is 66.7 Å². The van der Waals surface area contributed by atoms with Gasteiger partial charge in [0.25, 0.3) is 5.91 Å². The van der Waals surface area contributed by atoms with Gasteiger partial charge < -0.3 is 14.5 Å². The molecule has 176 valence electrons. The van der Waals surface area contributed by atoms with Crippen LogP contribution in [-0.2, 0) is 0 Å². The molecule has 1 fully saturated rings. The molecule has 6 heteroatoms. The minimum atomic E-state index is -0.0192. The van der Waals surface area contributed by atoms with E-state index in [9.17, 15) is 4.79 Å². The first-order chi connectivity index (χ1) is 16.5. The number of amides is 1. The van der Waals surface area contributed by atoms with E-state index < -0.39 is 0 Å². The number of hydrogen-bond donors (Lipinski definition) is 0. The first-order valence-electron chi connectivity index (χ1n) is 11.8. The smallest absolute Gasteiger partial charge is 0.257 e. The van der Waals surface area contributed by atoms with Crippen molar-refractivity contribution < 1.29 is 9.53 Å². The van der Waals surface area contributed by atoms with Gasteiger partial charge in [0.1, 0.15) is 12.4 Å². The fourth-order valence-corrected chi connectivity index (χ4v) is 5.18. The lowest BCUT2D eigenvalue weighted by molar-refractivity contribution is 0.0595. The third-order valence-electron chi connectivity index (χ3n) is 6.74. The summed E-state index contributed by atoms with van der Waals surface area (Å²) in [5, 5.41) is 0.543. The van der Waals surface area contributed by atoms with Crippen LogP contribution in [-0.4, -0.2) is 74.0 Å². The summed E-state index contributed by atoms with van der Waals surface area (Å²) >= 11 is 6.25. The van der Waals surface area contributed by atoms with Crippen LogP contribution < -0.4 is 4.74 Å². The molecule has 1 heterocycles. The fourth-order valence-electron chi connectivity index (χ4n) is 5.01. The van der Waals surface area contributed by atoms with Crippen molar-refractivity contribution in [3.8, 4) is 16.9 Å². The Hall–Kier alpha value is -2.86. The Labute approximate surface area is 206 Å². The molecule has 0 radical (unpaired) electrons. The maximum Gasteiger partial charge on any atom is 0.257 e. The second-order valence-electron chi connectivity index (χ2n) is 9.20. The molecule has 1 aliphatic carbocycles. The highest BCUT2D eigenvalue weighted by atomic mass is 35.5. The molecule has 3 aromatic carbocycles. The number of ether oxygens (including phenoxy) is 1. The summed E-state index contributed by atoms with van der Waals surface area (Å²) in [6.07, 6.45) is 0. The molecule has 0 N–H and O–H groups in total. The van der Waals surface area contributed by atoms with E-state index in [1.54, 1.807) is 18.2 Å². The van der Waals surface area contributed by atoms with Gasteiger partial charge in [-0.05, 0) is 54.5 Å². The van der Waals surface area contributed by atoms with Crippen LogP contribution in [0.1, 0.15) is 27.5 Å². The fraction of sp³-hybridized carbons (Fsp3) is 0.321. The van der Waals surface area contributed by atoms with E-state index in [2.05, 4.69) is 58.3 Å². The lowest BCUT2D eigenvalue weighted by Crippen LogP contribution is -2.49. The molecule has 3 aromatic rings. The standard InChI is InChI=1S/C28H30ClN3O2/c1-30(2)17-18-34-26-12-11-20(29)19-25(26)28(33)32-15-13-31(14-16-32)27-23-9-5-3-7-21(23)22-8-4-6-10-24(22)27/h3-12,19,27H,13-18H2,1-2H3. The molecule has 1 aliphatic heterocycles. The van der Waals surface area contributed by atoms with E-state index in [-0.39, 0.29) is 11.9 Å². The van der Waals surface area contributed by atoms with Crippen molar-refractivity contribution >= 4 is 17.5 Å². The molecular formula is C28H30ClN3O2. The van der Waals surface area contributed by atoms with Crippen LogP contribution in [0.25, 0.3) is 11.1 Å². The normalized spacial score (nSPS) is 15.9. The Balaban J connectivity index is 1.31. The first kappa shape index (κ1) is 22.9. The van der Waals surface area contributed by atoms with Crippen LogP contribution in [0, 0.1) is 0 Å². The van der Waals surface area contributed by atoms with E-state index in [1.807, 2.05) is 19.0 Å². The molecule has 0 saturated carbocycles. The van der Waals surface area contributed by atoms with Gasteiger partial charge >= 0.3 is 0 Å². The van der Waals surface area contributed by atoms with Crippen molar-refractivity contribution in [2.24, 2.45) is 0 Å². The lowest BCUT2D eigenvalue weighted by Gasteiger charge is -2.39. The number of benzene rings is 3. The molecule has 0 bridgehead atoms. The largest absolute Gasteiger partial charge is 0.491 e. The van der Waals surface area contributed by atoms with Crippen LogP contribution in [0.4, 0.5) is 0 Å². The summed E-state index contributed by atoms with van der Waals surface area (Å²) in [5.74, 6) is 0.576. The van der Waals surface area contributed by atoms with Crippen molar-refractivity contribution in [3.63, 3.8) is 0 Å². The van der Waals surface area contributed by atoms with Crippen LogP contribution >= 0.6 is 11.6 Å². The van der Waals surface area contributed by atoms with Gasteiger partial charge in [-0.3, -0.25) is 9.69 Å². The Bertz CT molecular complexity index is 1140. The quantitative estimate of drug-likeness (QED) is 0.512. The summed E-state index contributed by atoms with van der Waals surface area (Å²) in [5.41, 5.74) is 5.89. The molecule has 0 aromatic heterocycles. The van der Waals surface area contributed by atoms with Gasteiger partial charge in [-0.2, -0.15) is 0 Å². The molecule has 5 nitrogen and oxygen atoms in total. The minimum Gasteiger partial charge on any atom is -0.491 e. The van der Waals surface area contributed by atoms with Crippen molar-refractivity contribution in [1.82, 2.24) is 14.7 Å². The predicted molar refractivity (Wildman–Crippen MR) is 137 cm³/mol. The van der Waals surface area contributed by atoms with Gasteiger partial charge in [-0.1, -0.05) is 60.1 Å². The Kier molecular flexibility index (Phi) is 6.59. The molecule has 0 spiro atoms. The summed E-state index contributed by atoms with van der Waals surface area (Å²) < 4.78 is 5.94. The number of likely N-dealkylation sites (N-methyl/N-ethyl adjacent to an activating group) is 1. The van der Waals surface area contributed by atoms with Crippen molar-refractivity contribution in [2.45, 2.75) is 6.04 Å². The van der Waals surface area contributed by atoms with E-state index in [0.717, 1.165) is 19.6 Å². The summed E-state index contributed by atoms with van der Waals surface area (Å²) in [6.45, 7) is 4.27. The second kappa shape index (κ2) is 9.79. The maximum absolute atomic E-state index is 13.5. The topological polar surface area (TPSA) is 36.0 Å². The van der Waals surface area contributed by atoms with Gasteiger partial charge in [-0.25, -0.2) is 0 Å². The van der Waals surface area contributed by atoms with Crippen LogP contribution in [0.2, 0.25) is 5.02 Å². The second-order valence-corrected chi connectivity index (χ2v) is 9.63. The van der Waals surface area contributed by atoms with E-state index in [0.29, 0.717) is 36.0 Å². The van der Waals surface area contributed by atoms with Crippen molar-refractivity contribution in [2.75, 3.05) is 53.4 Å². The molecule has 1 amide bonds. The number of nitrogens with zero attached hydrogens (tertiary/aromatic N) is 3. The van der Waals surface area contributed by atoms with Gasteiger partial charge in [-0.15, -0.1) is 0 Å². The molecular weight excluding hydrogens is 446 g/mol. The summed E-state index contributed by atoms with van der Waals surface area (Å²) in [7, 11) is 4.00. The lowest BCUT2D eigenvalue weighted by atomic mass is 10.0. The van der Waals surface area contributed by atoms with E-state index in [4.69, 9.17) is 16.3 Å². The highest BCUT2D eigenvalue weighted by Gasteiger charge is 2.35. The highest BCUT2D eigenvalue weighted by molar-refractivity contribution is 6.31. The highest BCUT2D eigenvalue weighted by Crippen LogP contribution is 2.46. The number of piperazine rings is 1. The molecule has 34 heavy (non-hydrogen) atoms. The third-order valence-corrected chi connectivity index (χ3v) is 6.97. The Morgan fingerprint density at radius 3 is 2.18 bits per heavy atom. The summed E-state index contributed by atoms with van der Waals surface area (Å²) in [6, 6.07) is 22.9. The monoisotopic (exact) mass is 475 g/mol. The Morgan fingerprint density at radius 2 is 1.56 bits per heavy atom. The number of carbonyl (C=O) groups is 1. The molecule has 2 aliphatic rings. The zero-order valence-corrected chi connectivity index (χ0v) is 20.5. The number of fused-ring (bicyclic) bond motifs is 3. The number of carbonyl (C=O) groups excluding carboxylic acids is 1. The van der Waals surface area contributed by atoms with E-state index >= 15 is 0 Å².